The molecule has 8 nitrogen and oxygen atoms in total. The Balaban J connectivity index is 1.46. The third kappa shape index (κ3) is 4.08. The number of rotatable bonds is 4. The molecule has 3 heterocycles. The summed E-state index contributed by atoms with van der Waals surface area (Å²) in [6.07, 6.45) is 1.58. The second-order valence-corrected chi connectivity index (χ2v) is 7.92. The van der Waals surface area contributed by atoms with Crippen molar-refractivity contribution in [3.8, 4) is 5.75 Å². The van der Waals surface area contributed by atoms with E-state index < -0.39 is 0 Å². The Bertz CT molecular complexity index is 1030. The average molecular weight is 410 g/mol. The van der Waals surface area contributed by atoms with Gasteiger partial charge in [-0.3, -0.25) is 14.4 Å². The van der Waals surface area contributed by atoms with Gasteiger partial charge in [-0.1, -0.05) is 12.1 Å². The van der Waals surface area contributed by atoms with E-state index in [-0.39, 0.29) is 23.3 Å². The number of carbonyl (C=O) groups is 2. The molecule has 1 aromatic heterocycles. The number of likely N-dealkylation sites (tertiary alicyclic amines) is 1. The minimum atomic E-state index is -0.126. The van der Waals surface area contributed by atoms with Gasteiger partial charge in [-0.25, -0.2) is 4.98 Å². The topological polar surface area (TPSA) is 95.6 Å². The molecule has 0 spiro atoms. The molecule has 0 radical (unpaired) electrons. The van der Waals surface area contributed by atoms with Gasteiger partial charge in [-0.05, 0) is 30.5 Å². The highest BCUT2D eigenvalue weighted by atomic mass is 16.5. The lowest BCUT2D eigenvalue weighted by Crippen LogP contribution is -2.38. The van der Waals surface area contributed by atoms with Gasteiger partial charge in [0.25, 0.3) is 5.56 Å². The third-order valence-electron chi connectivity index (χ3n) is 5.95. The van der Waals surface area contributed by atoms with Crippen molar-refractivity contribution in [1.29, 1.82) is 0 Å². The fourth-order valence-corrected chi connectivity index (χ4v) is 4.20. The molecule has 1 aromatic carbocycles. The van der Waals surface area contributed by atoms with Gasteiger partial charge in [-0.15, -0.1) is 0 Å². The van der Waals surface area contributed by atoms with Crippen molar-refractivity contribution in [3.63, 3.8) is 0 Å². The van der Waals surface area contributed by atoms with E-state index in [1.165, 1.54) is 6.92 Å². The van der Waals surface area contributed by atoms with Gasteiger partial charge in [-0.2, -0.15) is 0 Å². The maximum atomic E-state index is 12.8. The number of aromatic nitrogens is 2. The summed E-state index contributed by atoms with van der Waals surface area (Å²) in [7, 11) is 1.61. The molecule has 2 amide bonds. The Hall–Kier alpha value is -3.16. The van der Waals surface area contributed by atoms with E-state index in [1.54, 1.807) is 12.0 Å². The molecule has 2 aliphatic heterocycles. The zero-order chi connectivity index (χ0) is 21.3. The largest absolute Gasteiger partial charge is 0.497 e. The standard InChI is InChI=1S/C22H26N4O4/c1-14(27)25-9-7-18-19(13-25)23-21(24-22(18)29)16-6-8-26(12-16)20(28)11-15-4-3-5-17(10-15)30-2/h3-5,10,16H,6-9,11-13H2,1-2H3,(H,23,24,29)/t16-/m1/s1. The molecule has 2 aromatic rings. The van der Waals surface area contributed by atoms with Crippen LogP contribution in [0.5, 0.6) is 5.75 Å². The van der Waals surface area contributed by atoms with Crippen molar-refractivity contribution < 1.29 is 14.3 Å². The van der Waals surface area contributed by atoms with E-state index in [0.717, 1.165) is 17.7 Å². The van der Waals surface area contributed by atoms with Crippen molar-refractivity contribution in [2.24, 2.45) is 0 Å². The number of aromatic amines is 1. The number of amides is 2. The molecule has 0 aliphatic carbocycles. The highest BCUT2D eigenvalue weighted by Gasteiger charge is 2.31. The van der Waals surface area contributed by atoms with Crippen LogP contribution in [0.25, 0.3) is 0 Å². The van der Waals surface area contributed by atoms with Gasteiger partial charge in [0, 0.05) is 38.0 Å². The van der Waals surface area contributed by atoms with E-state index in [0.29, 0.717) is 56.1 Å². The van der Waals surface area contributed by atoms with E-state index in [9.17, 15) is 14.4 Å². The van der Waals surface area contributed by atoms with Crippen LogP contribution in [0.1, 0.15) is 41.9 Å². The first-order chi connectivity index (χ1) is 14.4. The molecule has 1 fully saturated rings. The number of nitrogens with one attached hydrogen (secondary N) is 1. The zero-order valence-corrected chi connectivity index (χ0v) is 17.3. The minimum absolute atomic E-state index is 0.00929. The number of hydrogen-bond acceptors (Lipinski definition) is 5. The molecule has 30 heavy (non-hydrogen) atoms. The number of H-pyrrole nitrogens is 1. The van der Waals surface area contributed by atoms with Crippen LogP contribution in [0.3, 0.4) is 0 Å². The van der Waals surface area contributed by atoms with Crippen LogP contribution < -0.4 is 10.3 Å². The number of nitrogens with zero attached hydrogens (tertiary/aromatic N) is 3. The van der Waals surface area contributed by atoms with Crippen LogP contribution in [0.4, 0.5) is 0 Å². The maximum absolute atomic E-state index is 12.8. The van der Waals surface area contributed by atoms with E-state index in [4.69, 9.17) is 4.74 Å². The van der Waals surface area contributed by atoms with E-state index in [2.05, 4.69) is 9.97 Å². The van der Waals surface area contributed by atoms with Crippen molar-refractivity contribution in [2.75, 3.05) is 26.7 Å². The number of benzene rings is 1. The van der Waals surface area contributed by atoms with E-state index in [1.807, 2.05) is 29.2 Å². The summed E-state index contributed by atoms with van der Waals surface area (Å²) in [6, 6.07) is 7.51. The number of carbonyl (C=O) groups excluding carboxylic acids is 2. The molecular formula is C22H26N4O4. The summed E-state index contributed by atoms with van der Waals surface area (Å²) in [5.74, 6) is 1.37. The summed E-state index contributed by atoms with van der Waals surface area (Å²) in [4.78, 5) is 48.1. The lowest BCUT2D eigenvalue weighted by atomic mass is 10.0. The molecule has 1 atom stereocenters. The summed E-state index contributed by atoms with van der Waals surface area (Å²) in [5, 5.41) is 0. The van der Waals surface area contributed by atoms with Gasteiger partial charge in [0.1, 0.15) is 11.6 Å². The van der Waals surface area contributed by atoms with Crippen LogP contribution in [0.2, 0.25) is 0 Å². The monoisotopic (exact) mass is 410 g/mol. The maximum Gasteiger partial charge on any atom is 0.254 e. The fraction of sp³-hybridized carbons (Fsp3) is 0.455. The number of methoxy groups -OCH3 is 1. The summed E-state index contributed by atoms with van der Waals surface area (Å²) >= 11 is 0. The van der Waals surface area contributed by atoms with Crippen LogP contribution in [-0.4, -0.2) is 58.3 Å². The highest BCUT2D eigenvalue weighted by molar-refractivity contribution is 5.79. The first-order valence-corrected chi connectivity index (χ1v) is 10.2. The summed E-state index contributed by atoms with van der Waals surface area (Å²) in [5.41, 5.74) is 2.13. The molecule has 158 valence electrons. The molecular weight excluding hydrogens is 384 g/mol. The Morgan fingerprint density at radius 2 is 2.10 bits per heavy atom. The molecule has 1 N–H and O–H groups in total. The first-order valence-electron chi connectivity index (χ1n) is 10.2. The first kappa shape index (κ1) is 20.1. The smallest absolute Gasteiger partial charge is 0.254 e. The fourth-order valence-electron chi connectivity index (χ4n) is 4.20. The van der Waals surface area contributed by atoms with Gasteiger partial charge in [0.2, 0.25) is 11.8 Å². The molecule has 1 saturated heterocycles. The summed E-state index contributed by atoms with van der Waals surface area (Å²) < 4.78 is 5.22. The number of ether oxygens (including phenoxy) is 1. The quantitative estimate of drug-likeness (QED) is 0.818. The molecule has 0 unspecified atom stereocenters. The predicted molar refractivity (Wildman–Crippen MR) is 110 cm³/mol. The average Bonchev–Trinajstić information content (AvgIpc) is 3.24. The van der Waals surface area contributed by atoms with Gasteiger partial charge >= 0.3 is 0 Å². The molecule has 2 aliphatic rings. The second-order valence-electron chi connectivity index (χ2n) is 7.92. The van der Waals surface area contributed by atoms with Crippen LogP contribution in [0, 0.1) is 0 Å². The number of fused-ring (bicyclic) bond motifs is 1. The Morgan fingerprint density at radius 3 is 2.87 bits per heavy atom. The SMILES string of the molecule is COc1cccc(CC(=O)N2CC[C@@H](c3nc4c(c(=O)[nH]3)CCN(C(C)=O)C4)C2)c1. The Labute approximate surface area is 174 Å². The highest BCUT2D eigenvalue weighted by Crippen LogP contribution is 2.26. The Morgan fingerprint density at radius 1 is 1.27 bits per heavy atom. The van der Waals surface area contributed by atoms with Gasteiger partial charge in [0.15, 0.2) is 0 Å². The number of hydrogen-bond donors (Lipinski definition) is 1. The second kappa shape index (κ2) is 8.30. The predicted octanol–water partition coefficient (Wildman–Crippen LogP) is 1.24. The molecule has 0 bridgehead atoms. The van der Waals surface area contributed by atoms with Crippen molar-refractivity contribution in [2.45, 2.75) is 38.6 Å². The zero-order valence-electron chi connectivity index (χ0n) is 17.3. The lowest BCUT2D eigenvalue weighted by molar-refractivity contribution is -0.130. The van der Waals surface area contributed by atoms with Crippen molar-refractivity contribution in [3.05, 3.63) is 57.3 Å². The molecule has 8 heteroatoms. The van der Waals surface area contributed by atoms with Crippen molar-refractivity contribution in [1.82, 2.24) is 19.8 Å². The third-order valence-corrected chi connectivity index (χ3v) is 5.95. The normalized spacial score (nSPS) is 18.3. The van der Waals surface area contributed by atoms with Crippen LogP contribution in [-0.2, 0) is 29.0 Å². The summed E-state index contributed by atoms with van der Waals surface area (Å²) in [6.45, 7) is 3.60. The van der Waals surface area contributed by atoms with Crippen LogP contribution >= 0.6 is 0 Å². The lowest BCUT2D eigenvalue weighted by Gasteiger charge is -2.27. The van der Waals surface area contributed by atoms with Crippen LogP contribution in [0.15, 0.2) is 29.1 Å². The minimum Gasteiger partial charge on any atom is -0.497 e. The van der Waals surface area contributed by atoms with Crippen molar-refractivity contribution >= 4 is 11.8 Å². The van der Waals surface area contributed by atoms with Gasteiger partial charge < -0.3 is 19.5 Å². The molecule has 4 rings (SSSR count). The molecule has 0 saturated carbocycles. The van der Waals surface area contributed by atoms with Gasteiger partial charge in [0.05, 0.1) is 25.8 Å². The Kier molecular flexibility index (Phi) is 5.57. The van der Waals surface area contributed by atoms with E-state index >= 15 is 0 Å².